The molecule has 1 saturated heterocycles. The van der Waals surface area contributed by atoms with Crippen molar-refractivity contribution in [2.75, 3.05) is 30.4 Å². The molecule has 0 radical (unpaired) electrons. The third kappa shape index (κ3) is 7.70. The van der Waals surface area contributed by atoms with E-state index < -0.39 is 52.9 Å². The lowest BCUT2D eigenvalue weighted by Gasteiger charge is -2.32. The van der Waals surface area contributed by atoms with E-state index in [-0.39, 0.29) is 85.1 Å². The number of aliphatic hydroxyl groups is 2. The van der Waals surface area contributed by atoms with Gasteiger partial charge in [-0.15, -0.1) is 0 Å². The summed E-state index contributed by atoms with van der Waals surface area (Å²) in [4.78, 5) is 50.0. The van der Waals surface area contributed by atoms with E-state index >= 15 is 0 Å². The minimum atomic E-state index is -2.02. The van der Waals surface area contributed by atoms with Gasteiger partial charge in [-0.1, -0.05) is 39.0 Å². The van der Waals surface area contributed by atoms with E-state index in [4.69, 9.17) is 29.3 Å². The van der Waals surface area contributed by atoms with Crippen LogP contribution in [0.15, 0.2) is 57.5 Å². The van der Waals surface area contributed by atoms with Crippen LogP contribution in [-0.4, -0.2) is 87.4 Å². The maximum absolute atomic E-state index is 14.7. The van der Waals surface area contributed by atoms with E-state index in [1.165, 1.54) is 33.3 Å². The fourth-order valence-electron chi connectivity index (χ4n) is 8.60. The number of nitrogens with two attached hydrogens (primary N) is 1. The molecule has 7 rings (SSSR count). The lowest BCUT2D eigenvalue weighted by molar-refractivity contribution is -0.112. The number of amides is 1. The number of hydrogen-bond acceptors (Lipinski definition) is 14. The van der Waals surface area contributed by atoms with Gasteiger partial charge in [0.05, 0.1) is 35.5 Å². The maximum atomic E-state index is 14.7. The highest BCUT2D eigenvalue weighted by Crippen LogP contribution is 2.51. The number of phenolic OH excluding ortho intramolecular Hbond substituents is 2. The molecule has 1 amide bonds. The summed E-state index contributed by atoms with van der Waals surface area (Å²) >= 11 is 0. The number of phenols is 2. The zero-order valence-electron chi connectivity index (χ0n) is 34.9. The van der Waals surface area contributed by atoms with Crippen LogP contribution >= 0.6 is 0 Å². The van der Waals surface area contributed by atoms with E-state index in [9.17, 15) is 34.8 Å². The third-order valence-corrected chi connectivity index (χ3v) is 12.2. The number of carbonyl (C=O) groups excluding carboxylic acids is 2. The zero-order valence-corrected chi connectivity index (χ0v) is 34.9. The van der Waals surface area contributed by atoms with E-state index in [1.807, 2.05) is 19.9 Å². The molecule has 4 heterocycles. The molecule has 4 aliphatic heterocycles. The molecule has 7 atom stereocenters. The van der Waals surface area contributed by atoms with Crippen molar-refractivity contribution < 1.29 is 48.6 Å². The van der Waals surface area contributed by atoms with Crippen molar-refractivity contribution in [2.24, 2.45) is 23.5 Å². The topological polar surface area (TPSA) is 227 Å². The second-order valence-corrected chi connectivity index (χ2v) is 16.8. The molecule has 15 nitrogen and oxygen atoms in total. The number of aromatic nitrogens is 1. The number of methoxy groups -OCH3 is 1. The normalized spacial score (nSPS) is 29.4. The summed E-state index contributed by atoms with van der Waals surface area (Å²) in [5, 5.41) is 47.6. The van der Waals surface area contributed by atoms with Crippen LogP contribution in [0.2, 0.25) is 0 Å². The number of hydrogen-bond donors (Lipinski definition) is 6. The Labute approximate surface area is 347 Å². The number of aromatic hydroxyl groups is 2. The van der Waals surface area contributed by atoms with Gasteiger partial charge in [0.2, 0.25) is 5.43 Å². The average molecular weight is 827 g/mol. The van der Waals surface area contributed by atoms with Crippen molar-refractivity contribution in [1.29, 1.82) is 0 Å². The molecule has 1 fully saturated rings. The van der Waals surface area contributed by atoms with Crippen molar-refractivity contribution in [2.45, 2.75) is 97.4 Å². The molecule has 7 N–H and O–H groups in total. The summed E-state index contributed by atoms with van der Waals surface area (Å²) in [5.41, 5.74) is 5.77. The van der Waals surface area contributed by atoms with E-state index in [0.717, 1.165) is 12.8 Å². The predicted molar refractivity (Wildman–Crippen MR) is 227 cm³/mol. The largest absolute Gasteiger partial charge is 0.507 e. The third-order valence-electron chi connectivity index (χ3n) is 12.2. The highest BCUT2D eigenvalue weighted by molar-refractivity contribution is 6.22. The summed E-state index contributed by atoms with van der Waals surface area (Å²) in [6, 6.07) is 3.30. The fraction of sp³-hybridized carbons (Fsp3) is 0.467. The second kappa shape index (κ2) is 16.5. The van der Waals surface area contributed by atoms with E-state index in [1.54, 1.807) is 38.1 Å². The summed E-state index contributed by atoms with van der Waals surface area (Å²) in [7, 11) is 1.45. The molecule has 4 bridgehead atoms. The number of piperidine rings is 1. The lowest BCUT2D eigenvalue weighted by Crippen LogP contribution is -2.40. The molecule has 15 heteroatoms. The number of allylic oxidation sites excluding steroid dienone is 3. The number of ether oxygens (including phenoxy) is 3. The smallest absolute Gasteiger partial charge is 0.312 e. The Morgan fingerprint density at radius 1 is 1.02 bits per heavy atom. The van der Waals surface area contributed by atoms with Gasteiger partial charge in [0.15, 0.2) is 11.3 Å². The maximum Gasteiger partial charge on any atom is 0.312 e. The van der Waals surface area contributed by atoms with Crippen molar-refractivity contribution in [3.63, 3.8) is 0 Å². The number of ketones is 1. The molecule has 0 saturated carbocycles. The summed E-state index contributed by atoms with van der Waals surface area (Å²) in [5.74, 6) is -4.95. The first kappa shape index (κ1) is 42.6. The Hall–Kier alpha value is -5.48. The number of nitrogens with one attached hydrogen (secondary N) is 1. The number of aliphatic hydroxyl groups excluding tert-OH is 2. The zero-order chi connectivity index (χ0) is 43.4. The van der Waals surface area contributed by atoms with Gasteiger partial charge in [-0.05, 0) is 57.4 Å². The predicted octanol–water partition coefficient (Wildman–Crippen LogP) is 5.79. The highest BCUT2D eigenvalue weighted by Gasteiger charge is 2.50. The molecule has 0 spiro atoms. The van der Waals surface area contributed by atoms with E-state index in [0.29, 0.717) is 31.6 Å². The summed E-state index contributed by atoms with van der Waals surface area (Å²) in [6.45, 7) is 11.4. The van der Waals surface area contributed by atoms with Gasteiger partial charge in [0, 0.05) is 73.4 Å². The van der Waals surface area contributed by atoms with Crippen LogP contribution in [-0.2, 0) is 14.3 Å². The van der Waals surface area contributed by atoms with Gasteiger partial charge >= 0.3 is 5.79 Å². The number of Topliss-reactive ketones (excluding diaryl/α,β-unsaturated/α-hetero) is 1. The molecule has 0 unspecified atom stereocenters. The van der Waals surface area contributed by atoms with Crippen LogP contribution in [0.4, 0.5) is 11.4 Å². The number of anilines is 2. The van der Waals surface area contributed by atoms with Gasteiger partial charge in [-0.2, -0.15) is 0 Å². The molecule has 2 aromatic rings. The van der Waals surface area contributed by atoms with Crippen LogP contribution in [0.3, 0.4) is 0 Å². The number of fused-ring (bicyclic) bond motifs is 2. The molecular formula is C45H54N4O11. The highest BCUT2D eigenvalue weighted by atomic mass is 16.7. The van der Waals surface area contributed by atoms with Crippen LogP contribution in [0.5, 0.6) is 17.2 Å². The lowest BCUT2D eigenvalue weighted by atomic mass is 9.86. The molecular weight excluding hydrogens is 773 g/mol. The minimum absolute atomic E-state index is 0.00385. The standard InChI is InChI=1S/C45H54N4O11/c1-21-9-8-10-23(3)44(56)48-37-40(54)33-32(36-42(37)59-31-20-27(19-28(50)35(31)47-36)49-14-11-26(46)12-15-49)34-41(25(5)39(33)53)60-45(6,43(34)55)58-16-13-30(57-7)24(4)38(52)29(51)18-22(2)17-21/h8-10,13,16,19-22,24,26,29-30,38,50-53H,11-12,14-15,17-18,46H2,1-7H3,(H,48,56)/b9-8+,16-13+,23-10-/t21-,22+,24+,29+,30-,38+,45-/m0/s1. The molecule has 1 aliphatic carbocycles. The van der Waals surface area contributed by atoms with Crippen LogP contribution in [0, 0.1) is 24.7 Å². The molecule has 0 aromatic heterocycles. The Bertz CT molecular complexity index is 2470. The first-order valence-corrected chi connectivity index (χ1v) is 20.4. The first-order chi connectivity index (χ1) is 28.4. The van der Waals surface area contributed by atoms with Crippen molar-refractivity contribution >= 4 is 44.9 Å². The number of nitrogens with zero attached hydrogens (tertiary/aromatic N) is 2. The monoisotopic (exact) mass is 826 g/mol. The number of benzene rings is 3. The van der Waals surface area contributed by atoms with Gasteiger partial charge in [-0.3, -0.25) is 14.4 Å². The Morgan fingerprint density at radius 3 is 2.43 bits per heavy atom. The van der Waals surface area contributed by atoms with Crippen molar-refractivity contribution in [3.8, 4) is 28.7 Å². The fourth-order valence-corrected chi connectivity index (χ4v) is 8.60. The second-order valence-electron chi connectivity index (χ2n) is 16.8. The SMILES string of the molecule is CO[C@H]1/C=C/O[C@@]2(C)Oc3c(C)c(O)c4c(=O)c(c5oc6cc(N7CCC(N)CC7)cc(O)c6nc-5c4c3C2=O)NC(=O)/C(C)=C\C=C\[C@H](C)C[C@@H](C)C[C@@H](O)[C@H](O)[C@@H]1C. The summed E-state index contributed by atoms with van der Waals surface area (Å²) in [6.07, 6.45) is 7.52. The number of rotatable bonds is 2. The number of carbonyl (C=O) groups is 2. The molecule has 5 aliphatic rings. The Kier molecular flexibility index (Phi) is 11.7. The van der Waals surface area contributed by atoms with Crippen LogP contribution in [0.25, 0.3) is 33.3 Å². The molecule has 60 heavy (non-hydrogen) atoms. The van der Waals surface area contributed by atoms with Gasteiger partial charge < -0.3 is 55.0 Å². The average Bonchev–Trinajstić information content (AvgIpc) is 3.47. The Morgan fingerprint density at radius 2 is 1.73 bits per heavy atom. The quantitative estimate of drug-likeness (QED) is 0.104. The van der Waals surface area contributed by atoms with Gasteiger partial charge in [0.1, 0.15) is 34.1 Å². The molecule has 2 aromatic carbocycles. The minimum Gasteiger partial charge on any atom is -0.507 e. The summed E-state index contributed by atoms with van der Waals surface area (Å²) < 4.78 is 24.3. The van der Waals surface area contributed by atoms with Gasteiger partial charge in [0.25, 0.3) is 11.7 Å². The van der Waals surface area contributed by atoms with Crippen LogP contribution < -0.4 is 26.1 Å². The van der Waals surface area contributed by atoms with Crippen molar-refractivity contribution in [1.82, 2.24) is 4.98 Å². The van der Waals surface area contributed by atoms with Crippen LogP contribution in [0.1, 0.15) is 76.2 Å². The molecule has 320 valence electrons. The van der Waals surface area contributed by atoms with E-state index in [2.05, 4.69) is 10.2 Å². The van der Waals surface area contributed by atoms with Gasteiger partial charge in [-0.25, -0.2) is 4.98 Å². The van der Waals surface area contributed by atoms with Crippen molar-refractivity contribution in [3.05, 3.63) is 69.6 Å². The first-order valence-electron chi connectivity index (χ1n) is 20.4. The Balaban J connectivity index is 1.45.